The van der Waals surface area contributed by atoms with Crippen LogP contribution < -0.4 is 21.1 Å². The van der Waals surface area contributed by atoms with Crippen molar-refractivity contribution in [1.29, 1.82) is 0 Å². The van der Waals surface area contributed by atoms with E-state index in [0.29, 0.717) is 29.1 Å². The molecule has 146 valence electrons. The smallest absolute Gasteiger partial charge is 0.419 e. The van der Waals surface area contributed by atoms with E-state index in [1.165, 1.54) is 4.57 Å². The van der Waals surface area contributed by atoms with Crippen LogP contribution in [0.5, 0.6) is 5.75 Å². The standard InChI is InChI=1S/C20H21N3O5/c1-2-21-19(25)13-27-15-7-5-6-14(12-15)22-18(24)10-11-23-16-8-3-4-9-17(16)28-20(23)26/h3-9,12H,2,10-11,13H2,1H3,(H,21,25)(H,22,24). The summed E-state index contributed by atoms with van der Waals surface area (Å²) in [7, 11) is 0. The average molecular weight is 383 g/mol. The molecular formula is C20H21N3O5. The van der Waals surface area contributed by atoms with Crippen LogP contribution in [0, 0.1) is 0 Å². The topological polar surface area (TPSA) is 103 Å². The molecule has 3 rings (SSSR count). The molecule has 2 N–H and O–H groups in total. The van der Waals surface area contributed by atoms with Crippen molar-refractivity contribution in [3.05, 3.63) is 59.1 Å². The number of hydrogen-bond acceptors (Lipinski definition) is 5. The van der Waals surface area contributed by atoms with E-state index >= 15 is 0 Å². The molecule has 0 fully saturated rings. The van der Waals surface area contributed by atoms with Crippen LogP contribution in [0.1, 0.15) is 13.3 Å². The van der Waals surface area contributed by atoms with E-state index in [1.54, 1.807) is 48.5 Å². The number of aromatic nitrogens is 1. The molecule has 0 atom stereocenters. The van der Waals surface area contributed by atoms with Crippen LogP contribution >= 0.6 is 0 Å². The van der Waals surface area contributed by atoms with E-state index in [4.69, 9.17) is 9.15 Å². The fourth-order valence-corrected chi connectivity index (χ4v) is 2.72. The summed E-state index contributed by atoms with van der Waals surface area (Å²) >= 11 is 0. The minimum Gasteiger partial charge on any atom is -0.484 e. The number of para-hydroxylation sites is 2. The number of fused-ring (bicyclic) bond motifs is 1. The van der Waals surface area contributed by atoms with Gasteiger partial charge in [0.1, 0.15) is 5.75 Å². The van der Waals surface area contributed by atoms with E-state index in [2.05, 4.69) is 10.6 Å². The first-order valence-electron chi connectivity index (χ1n) is 8.94. The first kappa shape index (κ1) is 19.2. The molecule has 0 aliphatic heterocycles. The summed E-state index contributed by atoms with van der Waals surface area (Å²) in [6, 6.07) is 13.8. The van der Waals surface area contributed by atoms with Gasteiger partial charge in [-0.05, 0) is 31.2 Å². The lowest BCUT2D eigenvalue weighted by molar-refractivity contribution is -0.123. The van der Waals surface area contributed by atoms with E-state index in [-0.39, 0.29) is 31.4 Å². The zero-order chi connectivity index (χ0) is 19.9. The molecule has 0 saturated carbocycles. The van der Waals surface area contributed by atoms with Crippen LogP contribution in [0.2, 0.25) is 0 Å². The second-order valence-corrected chi connectivity index (χ2v) is 6.06. The molecule has 0 aliphatic carbocycles. The Kier molecular flexibility index (Phi) is 6.11. The molecule has 1 heterocycles. The van der Waals surface area contributed by atoms with Gasteiger partial charge in [0.2, 0.25) is 5.91 Å². The number of hydrogen-bond donors (Lipinski definition) is 2. The van der Waals surface area contributed by atoms with Crippen LogP contribution in [0.25, 0.3) is 11.1 Å². The van der Waals surface area contributed by atoms with E-state index in [0.717, 1.165) is 0 Å². The summed E-state index contributed by atoms with van der Waals surface area (Å²) in [6.07, 6.45) is 0.105. The molecule has 8 nitrogen and oxygen atoms in total. The number of ether oxygens (including phenoxy) is 1. The predicted molar refractivity (Wildman–Crippen MR) is 104 cm³/mol. The molecular weight excluding hydrogens is 362 g/mol. The summed E-state index contributed by atoms with van der Waals surface area (Å²) in [5.41, 5.74) is 1.69. The molecule has 2 aromatic carbocycles. The maximum absolute atomic E-state index is 12.3. The fourth-order valence-electron chi connectivity index (χ4n) is 2.72. The van der Waals surface area contributed by atoms with E-state index in [1.807, 2.05) is 6.92 Å². The van der Waals surface area contributed by atoms with Gasteiger partial charge in [0.25, 0.3) is 5.91 Å². The second kappa shape index (κ2) is 8.90. The highest BCUT2D eigenvalue weighted by atomic mass is 16.5. The molecule has 0 bridgehead atoms. The molecule has 0 radical (unpaired) electrons. The Morgan fingerprint density at radius 1 is 1.11 bits per heavy atom. The van der Waals surface area contributed by atoms with Gasteiger partial charge in [-0.1, -0.05) is 18.2 Å². The van der Waals surface area contributed by atoms with Crippen LogP contribution in [0.15, 0.2) is 57.7 Å². The number of likely N-dealkylation sites (N-methyl/N-ethyl adjacent to an activating group) is 1. The normalized spacial score (nSPS) is 10.6. The SMILES string of the molecule is CCNC(=O)COc1cccc(NC(=O)CCn2c(=O)oc3ccccc32)c1. The lowest BCUT2D eigenvalue weighted by Crippen LogP contribution is -2.28. The van der Waals surface area contributed by atoms with Gasteiger partial charge in [-0.15, -0.1) is 0 Å². The molecule has 28 heavy (non-hydrogen) atoms. The first-order valence-corrected chi connectivity index (χ1v) is 8.94. The predicted octanol–water partition coefficient (Wildman–Crippen LogP) is 2.14. The lowest BCUT2D eigenvalue weighted by Gasteiger charge is -2.09. The van der Waals surface area contributed by atoms with Gasteiger partial charge < -0.3 is 19.8 Å². The second-order valence-electron chi connectivity index (χ2n) is 6.06. The monoisotopic (exact) mass is 383 g/mol. The van der Waals surface area contributed by atoms with Crippen molar-refractivity contribution in [1.82, 2.24) is 9.88 Å². The summed E-state index contributed by atoms with van der Waals surface area (Å²) in [5, 5.41) is 5.40. The highest BCUT2D eigenvalue weighted by Crippen LogP contribution is 2.18. The van der Waals surface area contributed by atoms with Crippen molar-refractivity contribution in [2.75, 3.05) is 18.5 Å². The van der Waals surface area contributed by atoms with Crippen LogP contribution in [-0.4, -0.2) is 29.5 Å². The Bertz CT molecular complexity index is 1040. The molecule has 0 spiro atoms. The van der Waals surface area contributed by atoms with Crippen molar-refractivity contribution >= 4 is 28.6 Å². The number of rotatable bonds is 8. The number of nitrogens with zero attached hydrogens (tertiary/aromatic N) is 1. The van der Waals surface area contributed by atoms with Crippen LogP contribution in [-0.2, 0) is 16.1 Å². The number of amides is 2. The van der Waals surface area contributed by atoms with E-state index in [9.17, 15) is 14.4 Å². The zero-order valence-corrected chi connectivity index (χ0v) is 15.4. The Labute approximate surface area is 161 Å². The minimum absolute atomic E-state index is 0.0955. The number of nitrogens with one attached hydrogen (secondary N) is 2. The van der Waals surface area contributed by atoms with Gasteiger partial charge in [-0.25, -0.2) is 4.79 Å². The number of benzene rings is 2. The zero-order valence-electron chi connectivity index (χ0n) is 15.4. The highest BCUT2D eigenvalue weighted by Gasteiger charge is 2.11. The summed E-state index contributed by atoms with van der Waals surface area (Å²) in [4.78, 5) is 35.7. The van der Waals surface area contributed by atoms with Crippen LogP contribution in [0.3, 0.4) is 0 Å². The average Bonchev–Trinajstić information content (AvgIpc) is 3.00. The van der Waals surface area contributed by atoms with Gasteiger partial charge in [0.15, 0.2) is 12.2 Å². The van der Waals surface area contributed by atoms with Crippen LogP contribution in [0.4, 0.5) is 5.69 Å². The highest BCUT2D eigenvalue weighted by molar-refractivity contribution is 5.91. The summed E-state index contributed by atoms with van der Waals surface area (Å²) < 4.78 is 12.0. The van der Waals surface area contributed by atoms with Crippen molar-refractivity contribution in [3.8, 4) is 5.75 Å². The summed E-state index contributed by atoms with van der Waals surface area (Å²) in [5.74, 6) is -0.483. The van der Waals surface area contributed by atoms with Crippen molar-refractivity contribution in [3.63, 3.8) is 0 Å². The first-order chi connectivity index (χ1) is 13.6. The lowest BCUT2D eigenvalue weighted by atomic mass is 10.3. The van der Waals surface area contributed by atoms with Gasteiger partial charge in [0, 0.05) is 31.3 Å². The number of carbonyl (C=O) groups excluding carboxylic acids is 2. The molecule has 0 aliphatic rings. The van der Waals surface area contributed by atoms with Gasteiger partial charge in [-0.2, -0.15) is 0 Å². The third kappa shape index (κ3) is 4.79. The third-order valence-electron chi connectivity index (χ3n) is 4.00. The molecule has 8 heteroatoms. The minimum atomic E-state index is -0.491. The van der Waals surface area contributed by atoms with Gasteiger partial charge in [0.05, 0.1) is 5.52 Å². The Hall–Kier alpha value is -3.55. The summed E-state index contributed by atoms with van der Waals surface area (Å²) in [6.45, 7) is 2.47. The van der Waals surface area contributed by atoms with Gasteiger partial charge in [-0.3, -0.25) is 14.2 Å². The molecule has 3 aromatic rings. The Morgan fingerprint density at radius 3 is 2.75 bits per heavy atom. The largest absolute Gasteiger partial charge is 0.484 e. The fraction of sp³-hybridized carbons (Fsp3) is 0.250. The van der Waals surface area contributed by atoms with Crippen molar-refractivity contribution < 1.29 is 18.7 Å². The number of anilines is 1. The Morgan fingerprint density at radius 2 is 1.93 bits per heavy atom. The molecule has 1 aromatic heterocycles. The molecule has 2 amide bonds. The Balaban J connectivity index is 1.57. The van der Waals surface area contributed by atoms with Crippen molar-refractivity contribution in [2.45, 2.75) is 19.9 Å². The molecule has 0 saturated heterocycles. The quantitative estimate of drug-likeness (QED) is 0.620. The van der Waals surface area contributed by atoms with Crippen molar-refractivity contribution in [2.24, 2.45) is 0 Å². The maximum Gasteiger partial charge on any atom is 0.419 e. The molecule has 0 unspecified atom stereocenters. The number of aryl methyl sites for hydroxylation is 1. The number of oxazole rings is 1. The third-order valence-corrected chi connectivity index (χ3v) is 4.00. The van der Waals surface area contributed by atoms with Gasteiger partial charge >= 0.3 is 5.76 Å². The number of carbonyl (C=O) groups is 2. The maximum atomic E-state index is 12.3. The van der Waals surface area contributed by atoms with E-state index < -0.39 is 5.76 Å².